The number of aliphatic hydroxyl groups is 1. The van der Waals surface area contributed by atoms with E-state index in [2.05, 4.69) is 10.6 Å². The molecule has 2 aromatic carbocycles. The van der Waals surface area contributed by atoms with Gasteiger partial charge >= 0.3 is 0 Å². The lowest BCUT2D eigenvalue weighted by atomic mass is 9.76. The van der Waals surface area contributed by atoms with Gasteiger partial charge in [0.15, 0.2) is 0 Å². The third kappa shape index (κ3) is 2.80. The summed E-state index contributed by atoms with van der Waals surface area (Å²) in [5, 5.41) is 16.8. The van der Waals surface area contributed by atoms with Crippen molar-refractivity contribution in [2.45, 2.75) is 31.2 Å². The van der Waals surface area contributed by atoms with Gasteiger partial charge in [-0.2, -0.15) is 0 Å². The minimum absolute atomic E-state index is 0.0707. The van der Waals surface area contributed by atoms with Crippen LogP contribution in [0, 0.1) is 11.8 Å². The quantitative estimate of drug-likeness (QED) is 0.605. The molecule has 1 spiro atoms. The standard InChI is InChI=1S/C23H22ClN3O5/c1-11(28)19-17-18(23(26-19)15-9-13(24)5-8-16(15)25-22(23)31)21(30)27(20(17)29)10-12-3-6-14(32-2)7-4-12/h3-9,11,17-19,26,28H,10H2,1-2H3,(H,25,31)/t11-,17-,18+,19+,23+/m1/s1. The fourth-order valence-corrected chi connectivity index (χ4v) is 5.42. The molecular weight excluding hydrogens is 434 g/mol. The van der Waals surface area contributed by atoms with E-state index in [0.717, 1.165) is 5.56 Å². The van der Waals surface area contributed by atoms with Gasteiger partial charge in [0.2, 0.25) is 17.7 Å². The molecule has 0 saturated carbocycles. The normalized spacial score (nSPS) is 29.3. The number of ether oxygens (including phenoxy) is 1. The first kappa shape index (κ1) is 20.9. The second kappa shape index (κ2) is 7.30. The summed E-state index contributed by atoms with van der Waals surface area (Å²) < 4.78 is 5.16. The highest BCUT2D eigenvalue weighted by molar-refractivity contribution is 6.31. The fourth-order valence-electron chi connectivity index (χ4n) is 5.25. The van der Waals surface area contributed by atoms with E-state index in [9.17, 15) is 19.5 Å². The molecule has 0 unspecified atom stereocenters. The number of aliphatic hydroxyl groups excluding tert-OH is 1. The lowest BCUT2D eigenvalue weighted by molar-refractivity contribution is -0.143. The summed E-state index contributed by atoms with van der Waals surface area (Å²) in [5.41, 5.74) is 0.322. The topological polar surface area (TPSA) is 108 Å². The number of fused-ring (bicyclic) bond motifs is 4. The van der Waals surface area contributed by atoms with Crippen LogP contribution in [0.3, 0.4) is 0 Å². The van der Waals surface area contributed by atoms with Gasteiger partial charge in [0.05, 0.1) is 31.6 Å². The van der Waals surface area contributed by atoms with Crippen LogP contribution < -0.4 is 15.4 Å². The van der Waals surface area contributed by atoms with Crippen LogP contribution >= 0.6 is 11.6 Å². The molecule has 0 aromatic heterocycles. The number of likely N-dealkylation sites (tertiary alicyclic amines) is 1. The van der Waals surface area contributed by atoms with Crippen LogP contribution in [-0.4, -0.2) is 47.0 Å². The van der Waals surface area contributed by atoms with Gasteiger partial charge in [0, 0.05) is 22.3 Å². The molecule has 3 N–H and O–H groups in total. The van der Waals surface area contributed by atoms with E-state index in [-0.39, 0.29) is 6.54 Å². The molecule has 32 heavy (non-hydrogen) atoms. The maximum Gasteiger partial charge on any atom is 0.250 e. The van der Waals surface area contributed by atoms with Crippen molar-refractivity contribution < 1.29 is 24.2 Å². The molecule has 5 atom stereocenters. The first-order chi connectivity index (χ1) is 15.3. The molecule has 9 heteroatoms. The van der Waals surface area contributed by atoms with Crippen LogP contribution in [-0.2, 0) is 26.5 Å². The zero-order valence-electron chi connectivity index (χ0n) is 17.5. The van der Waals surface area contributed by atoms with Crippen molar-refractivity contribution in [3.63, 3.8) is 0 Å². The molecule has 0 aliphatic carbocycles. The zero-order valence-corrected chi connectivity index (χ0v) is 18.2. The van der Waals surface area contributed by atoms with E-state index >= 15 is 0 Å². The lowest BCUT2D eigenvalue weighted by Gasteiger charge is -2.30. The predicted octanol–water partition coefficient (Wildman–Crippen LogP) is 1.65. The number of nitrogens with one attached hydrogen (secondary N) is 2. The summed E-state index contributed by atoms with van der Waals surface area (Å²) in [6, 6.07) is 11.3. The largest absolute Gasteiger partial charge is 0.497 e. The fraction of sp³-hybridized carbons (Fsp3) is 0.348. The number of hydrogen-bond donors (Lipinski definition) is 3. The van der Waals surface area contributed by atoms with Gasteiger partial charge in [0.1, 0.15) is 11.3 Å². The maximum atomic E-state index is 13.6. The number of hydrogen-bond acceptors (Lipinski definition) is 6. The summed E-state index contributed by atoms with van der Waals surface area (Å²) in [6.45, 7) is 1.62. The van der Waals surface area contributed by atoms with Crippen LogP contribution in [0.1, 0.15) is 18.1 Å². The number of methoxy groups -OCH3 is 1. The number of nitrogens with zero attached hydrogens (tertiary/aromatic N) is 1. The SMILES string of the molecule is COc1ccc(CN2C(=O)[C@H]3[C@H]([C@@H](C)O)N[C@]4(C(=O)Nc5ccc(Cl)cc54)[C@@H]3C2=O)cc1. The maximum absolute atomic E-state index is 13.6. The zero-order chi connectivity index (χ0) is 22.8. The van der Waals surface area contributed by atoms with Crippen LogP contribution in [0.2, 0.25) is 5.02 Å². The Balaban J connectivity index is 1.58. The van der Waals surface area contributed by atoms with Gasteiger partial charge in [-0.15, -0.1) is 0 Å². The average molecular weight is 456 g/mol. The van der Waals surface area contributed by atoms with Gasteiger partial charge in [-0.3, -0.25) is 24.6 Å². The Morgan fingerprint density at radius 3 is 2.53 bits per heavy atom. The molecule has 8 nitrogen and oxygen atoms in total. The number of anilines is 1. The van der Waals surface area contributed by atoms with Crippen molar-refractivity contribution in [2.75, 3.05) is 12.4 Å². The number of rotatable bonds is 4. The number of imide groups is 1. The predicted molar refractivity (Wildman–Crippen MR) is 116 cm³/mol. The van der Waals surface area contributed by atoms with Crippen molar-refractivity contribution in [2.24, 2.45) is 11.8 Å². The van der Waals surface area contributed by atoms with Gasteiger partial charge in [-0.1, -0.05) is 23.7 Å². The Bertz CT molecular complexity index is 1130. The molecule has 0 bridgehead atoms. The van der Waals surface area contributed by atoms with Crippen molar-refractivity contribution in [1.29, 1.82) is 0 Å². The molecule has 166 valence electrons. The van der Waals surface area contributed by atoms with Crippen molar-refractivity contribution in [1.82, 2.24) is 10.2 Å². The number of amides is 3. The molecule has 2 aromatic rings. The van der Waals surface area contributed by atoms with Gasteiger partial charge in [-0.05, 0) is 42.8 Å². The first-order valence-corrected chi connectivity index (χ1v) is 10.7. The van der Waals surface area contributed by atoms with Crippen molar-refractivity contribution in [3.8, 4) is 5.75 Å². The number of benzene rings is 2. The summed E-state index contributed by atoms with van der Waals surface area (Å²) in [5.74, 6) is -2.49. The molecular formula is C23H22ClN3O5. The molecule has 3 heterocycles. The van der Waals surface area contributed by atoms with E-state index in [0.29, 0.717) is 22.0 Å². The third-order valence-electron chi connectivity index (χ3n) is 6.72. The smallest absolute Gasteiger partial charge is 0.250 e. The minimum Gasteiger partial charge on any atom is -0.497 e. The molecule has 2 saturated heterocycles. The molecule has 5 rings (SSSR count). The number of carbonyl (C=O) groups is 3. The number of carbonyl (C=O) groups excluding carboxylic acids is 3. The Hall–Kier alpha value is -2.94. The average Bonchev–Trinajstić information content (AvgIpc) is 3.36. The second-order valence-electron chi connectivity index (χ2n) is 8.48. The summed E-state index contributed by atoms with van der Waals surface area (Å²) in [4.78, 5) is 41.5. The summed E-state index contributed by atoms with van der Waals surface area (Å²) >= 11 is 6.21. The number of halogens is 1. The summed E-state index contributed by atoms with van der Waals surface area (Å²) in [6.07, 6.45) is -0.962. The highest BCUT2D eigenvalue weighted by Crippen LogP contribution is 2.53. The highest BCUT2D eigenvalue weighted by atomic mass is 35.5. The van der Waals surface area contributed by atoms with E-state index in [1.807, 2.05) is 0 Å². The highest BCUT2D eigenvalue weighted by Gasteiger charge is 2.71. The molecule has 3 amide bonds. The van der Waals surface area contributed by atoms with Crippen LogP contribution in [0.25, 0.3) is 0 Å². The van der Waals surface area contributed by atoms with Crippen LogP contribution in [0.15, 0.2) is 42.5 Å². The van der Waals surface area contributed by atoms with E-state index in [1.54, 1.807) is 56.5 Å². The molecule has 3 aliphatic heterocycles. The Kier molecular flexibility index (Phi) is 4.77. The van der Waals surface area contributed by atoms with Gasteiger partial charge in [0.25, 0.3) is 0 Å². The Morgan fingerprint density at radius 2 is 1.88 bits per heavy atom. The van der Waals surface area contributed by atoms with Crippen molar-refractivity contribution >= 4 is 35.0 Å². The van der Waals surface area contributed by atoms with Gasteiger partial charge in [-0.25, -0.2) is 0 Å². The lowest BCUT2D eigenvalue weighted by Crippen LogP contribution is -2.54. The third-order valence-corrected chi connectivity index (χ3v) is 6.96. The molecule has 2 fully saturated rings. The Morgan fingerprint density at radius 1 is 1.16 bits per heavy atom. The van der Waals surface area contributed by atoms with E-state index < -0.39 is 47.2 Å². The van der Waals surface area contributed by atoms with Gasteiger partial charge < -0.3 is 15.2 Å². The van der Waals surface area contributed by atoms with Crippen molar-refractivity contribution in [3.05, 3.63) is 58.6 Å². The van der Waals surface area contributed by atoms with Crippen LogP contribution in [0.4, 0.5) is 5.69 Å². The second-order valence-corrected chi connectivity index (χ2v) is 8.91. The van der Waals surface area contributed by atoms with Crippen LogP contribution in [0.5, 0.6) is 5.75 Å². The van der Waals surface area contributed by atoms with E-state index in [4.69, 9.17) is 16.3 Å². The van der Waals surface area contributed by atoms with E-state index in [1.165, 1.54) is 4.90 Å². The molecule has 0 radical (unpaired) electrons. The summed E-state index contributed by atoms with van der Waals surface area (Å²) in [7, 11) is 1.56. The molecule has 3 aliphatic rings. The Labute approximate surface area is 189 Å². The monoisotopic (exact) mass is 455 g/mol. The minimum atomic E-state index is -1.48. The first-order valence-electron chi connectivity index (χ1n) is 10.3.